The summed E-state index contributed by atoms with van der Waals surface area (Å²) in [6, 6.07) is 11.1. The zero-order valence-electron chi connectivity index (χ0n) is 15.9. The molecule has 4 aromatic rings. The van der Waals surface area contributed by atoms with E-state index < -0.39 is 17.4 Å². The summed E-state index contributed by atoms with van der Waals surface area (Å²) in [5, 5.41) is 2.55. The predicted octanol–water partition coefficient (Wildman–Crippen LogP) is 2.77. The average molecular weight is 437 g/mol. The monoisotopic (exact) mass is 436 g/mol. The van der Waals surface area contributed by atoms with E-state index in [0.29, 0.717) is 39.0 Å². The smallest absolute Gasteiger partial charge is 0.262 e. The maximum absolute atomic E-state index is 12.6. The Hall–Kier alpha value is -4.11. The number of nitrogens with two attached hydrogens (primary N) is 1. The van der Waals surface area contributed by atoms with Gasteiger partial charge in [0.2, 0.25) is 5.89 Å². The van der Waals surface area contributed by atoms with Crippen LogP contribution in [0.4, 0.5) is 5.82 Å². The zero-order chi connectivity index (χ0) is 21.9. The summed E-state index contributed by atoms with van der Waals surface area (Å²) in [4.78, 5) is 41.0. The Kier molecular flexibility index (Phi) is 4.09. The van der Waals surface area contributed by atoms with Crippen LogP contribution in [0.15, 0.2) is 51.7 Å². The molecule has 1 aliphatic rings. The third kappa shape index (κ3) is 2.86. The van der Waals surface area contributed by atoms with Crippen molar-refractivity contribution in [1.82, 2.24) is 14.9 Å². The molecule has 2 aromatic heterocycles. The Morgan fingerprint density at radius 1 is 1.10 bits per heavy atom. The van der Waals surface area contributed by atoms with Gasteiger partial charge in [-0.1, -0.05) is 11.6 Å². The number of nitrogens with zero attached hydrogens (tertiary/aromatic N) is 2. The van der Waals surface area contributed by atoms with Crippen LogP contribution in [-0.2, 0) is 0 Å². The lowest BCUT2D eigenvalue weighted by Crippen LogP contribution is -2.24. The molecule has 0 unspecified atom stereocenters. The number of aromatic nitrogens is 2. The van der Waals surface area contributed by atoms with E-state index >= 15 is 0 Å². The van der Waals surface area contributed by atoms with Gasteiger partial charge in [0.1, 0.15) is 17.1 Å². The number of oxazole rings is 1. The van der Waals surface area contributed by atoms with Crippen LogP contribution in [0.2, 0.25) is 5.02 Å². The van der Waals surface area contributed by atoms with Gasteiger partial charge in [0.25, 0.3) is 17.4 Å². The molecular formula is C21H13ClN4O5. The van der Waals surface area contributed by atoms with Crippen LogP contribution >= 0.6 is 11.6 Å². The van der Waals surface area contributed by atoms with Crippen molar-refractivity contribution in [2.24, 2.45) is 0 Å². The fraction of sp³-hybridized carbons (Fsp3) is 0.0476. The van der Waals surface area contributed by atoms with Crippen molar-refractivity contribution in [3.8, 4) is 22.9 Å². The molecule has 3 N–H and O–H groups in total. The number of hydrogen-bond acceptors (Lipinski definition) is 7. The number of nitrogens with one attached hydrogen (secondary N) is 1. The van der Waals surface area contributed by atoms with Crippen molar-refractivity contribution in [3.63, 3.8) is 0 Å². The van der Waals surface area contributed by atoms with Gasteiger partial charge in [0.05, 0.1) is 28.9 Å². The van der Waals surface area contributed by atoms with E-state index in [0.717, 1.165) is 10.6 Å². The molecule has 31 heavy (non-hydrogen) atoms. The number of fused-ring (bicyclic) bond motifs is 2. The van der Waals surface area contributed by atoms with Crippen molar-refractivity contribution in [3.05, 3.63) is 69.0 Å². The minimum absolute atomic E-state index is 0.0292. The Morgan fingerprint density at radius 3 is 2.65 bits per heavy atom. The number of hydrogen-bond donors (Lipinski definition) is 2. The summed E-state index contributed by atoms with van der Waals surface area (Å²) in [5.74, 6) is -0.567. The highest BCUT2D eigenvalue weighted by Gasteiger charge is 2.31. The van der Waals surface area contributed by atoms with Gasteiger partial charge in [0, 0.05) is 11.6 Å². The van der Waals surface area contributed by atoms with Gasteiger partial charge in [-0.3, -0.25) is 24.3 Å². The molecule has 0 atom stereocenters. The quantitative estimate of drug-likeness (QED) is 0.472. The Balaban J connectivity index is 1.63. The van der Waals surface area contributed by atoms with Crippen LogP contribution in [0.3, 0.4) is 0 Å². The summed E-state index contributed by atoms with van der Waals surface area (Å²) in [7, 11) is 1.52. The van der Waals surface area contributed by atoms with Crippen molar-refractivity contribution in [2.45, 2.75) is 0 Å². The average Bonchev–Trinajstić information content (AvgIpc) is 3.28. The molecule has 2 aromatic carbocycles. The third-order valence-corrected chi connectivity index (χ3v) is 5.28. The number of imide groups is 1. The number of carbonyl (C=O) groups excluding carboxylic acids is 2. The van der Waals surface area contributed by atoms with Gasteiger partial charge in [-0.05, 0) is 36.4 Å². The largest absolute Gasteiger partial charge is 0.495 e. The molecule has 0 radical (unpaired) electrons. The molecule has 3 heterocycles. The van der Waals surface area contributed by atoms with Crippen molar-refractivity contribution < 1.29 is 18.7 Å². The number of methoxy groups -OCH3 is 1. The molecule has 0 saturated heterocycles. The van der Waals surface area contributed by atoms with E-state index in [-0.39, 0.29) is 16.9 Å². The standard InChI is InChI=1S/C21H13ClN4O5/c1-30-14-4-2-9(6-12(14)22)21-24-13-7-10(3-5-15(13)31-21)26-16(27)8-11-17(18(26)23)20(29)25-19(11)28/h2-8H,23H2,1H3,(H,25,28,29). The highest BCUT2D eigenvalue weighted by Crippen LogP contribution is 2.32. The first-order valence-electron chi connectivity index (χ1n) is 9.03. The number of halogens is 1. The van der Waals surface area contributed by atoms with E-state index in [4.69, 9.17) is 26.5 Å². The molecule has 154 valence electrons. The maximum Gasteiger partial charge on any atom is 0.262 e. The van der Waals surface area contributed by atoms with Gasteiger partial charge >= 0.3 is 0 Å². The second kappa shape index (κ2) is 6.71. The number of anilines is 1. The van der Waals surface area contributed by atoms with Crippen LogP contribution in [0.1, 0.15) is 20.7 Å². The highest BCUT2D eigenvalue weighted by atomic mass is 35.5. The molecule has 0 bridgehead atoms. The normalized spacial score (nSPS) is 12.8. The first-order valence-corrected chi connectivity index (χ1v) is 9.41. The lowest BCUT2D eigenvalue weighted by molar-refractivity contribution is 0.0880. The molecule has 2 amide bonds. The predicted molar refractivity (Wildman–Crippen MR) is 113 cm³/mol. The first kappa shape index (κ1) is 18.9. The zero-order valence-corrected chi connectivity index (χ0v) is 16.7. The maximum atomic E-state index is 12.6. The van der Waals surface area contributed by atoms with E-state index in [1.54, 1.807) is 36.4 Å². The number of nitrogen functional groups attached to an aromatic ring is 1. The number of ether oxygens (including phenoxy) is 1. The van der Waals surface area contributed by atoms with Crippen LogP contribution in [-0.4, -0.2) is 28.5 Å². The minimum Gasteiger partial charge on any atom is -0.495 e. The summed E-state index contributed by atoms with van der Waals surface area (Å²) in [5.41, 5.74) is 7.43. The van der Waals surface area contributed by atoms with Gasteiger partial charge in [-0.15, -0.1) is 0 Å². The Labute approximate surface area is 179 Å². The SMILES string of the molecule is COc1ccc(-c2nc3cc(-n4c(N)c5c(cc4=O)C(=O)NC5=O)ccc3o2)cc1Cl. The van der Waals surface area contributed by atoms with Gasteiger partial charge in [0.15, 0.2) is 5.58 Å². The molecule has 0 spiro atoms. The fourth-order valence-corrected chi connectivity index (χ4v) is 3.78. The Morgan fingerprint density at radius 2 is 1.90 bits per heavy atom. The van der Waals surface area contributed by atoms with Crippen LogP contribution < -0.4 is 21.3 Å². The molecular weight excluding hydrogens is 424 g/mol. The fourth-order valence-electron chi connectivity index (χ4n) is 3.52. The van der Waals surface area contributed by atoms with E-state index in [1.807, 2.05) is 0 Å². The number of benzene rings is 2. The summed E-state index contributed by atoms with van der Waals surface area (Å²) in [6.45, 7) is 0. The van der Waals surface area contributed by atoms with Gasteiger partial charge in [-0.25, -0.2) is 4.98 Å². The van der Waals surface area contributed by atoms with Crippen LogP contribution in [0, 0.1) is 0 Å². The van der Waals surface area contributed by atoms with E-state index in [2.05, 4.69) is 10.3 Å². The Bertz CT molecular complexity index is 1490. The number of rotatable bonds is 3. The molecule has 0 fully saturated rings. The summed E-state index contributed by atoms with van der Waals surface area (Å²) < 4.78 is 12.1. The second-order valence-corrected chi connectivity index (χ2v) is 7.20. The van der Waals surface area contributed by atoms with Gasteiger partial charge < -0.3 is 14.9 Å². The third-order valence-electron chi connectivity index (χ3n) is 4.98. The molecule has 10 heteroatoms. The van der Waals surface area contributed by atoms with Crippen molar-refractivity contribution >= 4 is 40.3 Å². The summed E-state index contributed by atoms with van der Waals surface area (Å²) in [6.07, 6.45) is 0. The molecule has 1 aliphatic heterocycles. The lowest BCUT2D eigenvalue weighted by atomic mass is 10.1. The number of amides is 2. The minimum atomic E-state index is -0.648. The second-order valence-electron chi connectivity index (χ2n) is 6.80. The van der Waals surface area contributed by atoms with E-state index in [9.17, 15) is 14.4 Å². The molecule has 0 aliphatic carbocycles. The number of pyridine rings is 1. The van der Waals surface area contributed by atoms with Crippen LogP contribution in [0.5, 0.6) is 5.75 Å². The lowest BCUT2D eigenvalue weighted by Gasteiger charge is -2.11. The van der Waals surface area contributed by atoms with Crippen molar-refractivity contribution in [2.75, 3.05) is 12.8 Å². The van der Waals surface area contributed by atoms with Crippen LogP contribution in [0.25, 0.3) is 28.2 Å². The summed E-state index contributed by atoms with van der Waals surface area (Å²) >= 11 is 6.18. The first-order chi connectivity index (χ1) is 14.9. The van der Waals surface area contributed by atoms with Gasteiger partial charge in [-0.2, -0.15) is 0 Å². The molecule has 0 saturated carbocycles. The topological polar surface area (TPSA) is 129 Å². The van der Waals surface area contributed by atoms with E-state index in [1.165, 1.54) is 7.11 Å². The molecule has 9 nitrogen and oxygen atoms in total. The number of carbonyl (C=O) groups is 2. The van der Waals surface area contributed by atoms with Crippen molar-refractivity contribution in [1.29, 1.82) is 0 Å². The molecule has 5 rings (SSSR count). The highest BCUT2D eigenvalue weighted by molar-refractivity contribution is 6.32.